The topological polar surface area (TPSA) is 55.3 Å². The molecule has 0 radical (unpaired) electrons. The molecule has 6 heteroatoms. The van der Waals surface area contributed by atoms with Gasteiger partial charge in [0.1, 0.15) is 5.84 Å². The first kappa shape index (κ1) is 14.9. The van der Waals surface area contributed by atoms with Crippen LogP contribution in [0, 0.1) is 0 Å². The van der Waals surface area contributed by atoms with Crippen LogP contribution in [0.4, 0.5) is 0 Å². The van der Waals surface area contributed by atoms with Crippen molar-refractivity contribution in [1.29, 1.82) is 0 Å². The second-order valence-corrected chi connectivity index (χ2v) is 6.13. The number of aliphatic imine (C=N–C) groups is 2. The van der Waals surface area contributed by atoms with Crippen LogP contribution in [0.5, 0.6) is 0 Å². The van der Waals surface area contributed by atoms with Gasteiger partial charge in [0.2, 0.25) is 0 Å². The van der Waals surface area contributed by atoms with E-state index < -0.39 is 0 Å². The van der Waals surface area contributed by atoms with Crippen molar-refractivity contribution < 1.29 is 2.85 Å². The first-order valence-corrected chi connectivity index (χ1v) is 8.30. The Bertz CT molecular complexity index is 417. The van der Waals surface area contributed by atoms with E-state index in [0.717, 1.165) is 45.8 Å². The predicted octanol–water partition coefficient (Wildman–Crippen LogP) is 0.265. The zero-order chi connectivity index (χ0) is 14.7. The molecule has 2 N–H and O–H groups in total. The lowest BCUT2D eigenvalue weighted by Gasteiger charge is -2.31. The molecule has 3 atom stereocenters. The van der Waals surface area contributed by atoms with Crippen LogP contribution >= 0.6 is 0 Å². The number of hydrogen-bond donors (Lipinski definition) is 2. The fourth-order valence-corrected chi connectivity index (χ4v) is 3.48. The van der Waals surface area contributed by atoms with Crippen molar-refractivity contribution in [2.24, 2.45) is 9.98 Å². The maximum Gasteiger partial charge on any atom is 0.113 e. The maximum absolute atomic E-state index is 4.49. The average molecular weight is 296 g/mol. The minimum Gasteiger partial charge on any atom is -0.353 e. The van der Waals surface area contributed by atoms with Gasteiger partial charge >= 0.3 is 0 Å². The molecule has 122 valence electrons. The van der Waals surface area contributed by atoms with Gasteiger partial charge in [0.25, 0.3) is 0 Å². The smallest absolute Gasteiger partial charge is 0.113 e. The van der Waals surface area contributed by atoms with E-state index in [-0.39, 0.29) is 2.85 Å². The number of amidine groups is 1. The van der Waals surface area contributed by atoms with Gasteiger partial charge in [0.15, 0.2) is 0 Å². The summed E-state index contributed by atoms with van der Waals surface area (Å²) in [5, 5.41) is 6.67. The molecule has 4 rings (SSSR count). The van der Waals surface area contributed by atoms with E-state index in [1.165, 1.54) is 12.3 Å². The molecule has 4 aliphatic rings. The summed E-state index contributed by atoms with van der Waals surface area (Å²) in [7, 11) is 0. The van der Waals surface area contributed by atoms with E-state index in [2.05, 4.69) is 50.5 Å². The molecule has 2 fully saturated rings. The molecule has 0 aromatic rings. The highest BCUT2D eigenvalue weighted by molar-refractivity contribution is 5.86. The van der Waals surface area contributed by atoms with Gasteiger partial charge in [-0.25, -0.2) is 0 Å². The number of fused-ring (bicyclic) bond motifs is 2. The molecule has 0 aromatic heterocycles. The van der Waals surface area contributed by atoms with Crippen LogP contribution in [0.3, 0.4) is 0 Å². The number of nitrogens with one attached hydrogen (secondary N) is 2. The second kappa shape index (κ2) is 6.85. The largest absolute Gasteiger partial charge is 0.353 e. The highest BCUT2D eigenvalue weighted by atomic mass is 15.3. The van der Waals surface area contributed by atoms with Crippen LogP contribution in [-0.2, 0) is 0 Å². The zero-order valence-corrected chi connectivity index (χ0v) is 13.3. The van der Waals surface area contributed by atoms with Crippen LogP contribution in [0.1, 0.15) is 23.1 Å². The summed E-state index contributed by atoms with van der Waals surface area (Å²) in [4.78, 5) is 13.7. The minimum atomic E-state index is 0. The molecule has 0 saturated carbocycles. The number of piperazine rings is 2. The lowest BCUT2D eigenvalue weighted by Crippen LogP contribution is -2.51. The Hall–Kier alpha value is -0.980. The SMILES string of the molecule is CC1N=CC2CNCCN21.CCC1CN=C2CNCCN21.[HH].[HH]. The summed E-state index contributed by atoms with van der Waals surface area (Å²) in [6.07, 6.45) is 3.72. The van der Waals surface area contributed by atoms with E-state index >= 15 is 0 Å². The third-order valence-electron chi connectivity index (χ3n) is 4.82. The summed E-state index contributed by atoms with van der Waals surface area (Å²) in [5.41, 5.74) is 0. The summed E-state index contributed by atoms with van der Waals surface area (Å²) < 4.78 is 0. The van der Waals surface area contributed by atoms with Gasteiger partial charge in [0.05, 0.1) is 25.3 Å². The van der Waals surface area contributed by atoms with E-state index in [1.54, 1.807) is 0 Å². The maximum atomic E-state index is 4.49. The Kier molecular flexibility index (Phi) is 4.87. The van der Waals surface area contributed by atoms with Crippen LogP contribution in [0.25, 0.3) is 0 Å². The lowest BCUT2D eigenvalue weighted by molar-refractivity contribution is 0.179. The van der Waals surface area contributed by atoms with Crippen LogP contribution in [0.2, 0.25) is 0 Å². The highest BCUT2D eigenvalue weighted by Gasteiger charge is 2.28. The highest BCUT2D eigenvalue weighted by Crippen LogP contribution is 2.14. The minimum absolute atomic E-state index is 0. The molecule has 3 unspecified atom stereocenters. The van der Waals surface area contributed by atoms with Gasteiger partial charge in [-0.2, -0.15) is 0 Å². The molecule has 2 saturated heterocycles. The molecule has 0 bridgehead atoms. The Labute approximate surface area is 130 Å². The molecule has 4 heterocycles. The first-order chi connectivity index (χ1) is 10.3. The normalized spacial score (nSPS) is 34.9. The first-order valence-electron chi connectivity index (χ1n) is 8.30. The van der Waals surface area contributed by atoms with Gasteiger partial charge < -0.3 is 15.5 Å². The molecule has 4 aliphatic heterocycles. The molecular formula is C15H32N6. The van der Waals surface area contributed by atoms with E-state index in [9.17, 15) is 0 Å². The van der Waals surface area contributed by atoms with Gasteiger partial charge in [0, 0.05) is 47.8 Å². The van der Waals surface area contributed by atoms with Crippen molar-refractivity contribution in [3.8, 4) is 0 Å². The standard InChI is InChI=1S/C8H15N3.C7H13N3.2H2/c1-2-7-5-10-8-6-9-3-4-11(7)8;1-6-9-5-7-4-8-2-3-10(6)7;;/h7,9H,2-6H2,1H3;5-8H,2-4H2,1H3;2*1H. The van der Waals surface area contributed by atoms with Crippen LogP contribution in [-0.4, -0.2) is 85.9 Å². The van der Waals surface area contributed by atoms with Crippen molar-refractivity contribution in [2.45, 2.75) is 38.5 Å². The molecule has 0 aliphatic carbocycles. The number of rotatable bonds is 1. The van der Waals surface area contributed by atoms with Crippen molar-refractivity contribution in [3.05, 3.63) is 0 Å². The second-order valence-electron chi connectivity index (χ2n) is 6.13. The van der Waals surface area contributed by atoms with Gasteiger partial charge in [-0.15, -0.1) is 0 Å². The third-order valence-corrected chi connectivity index (χ3v) is 4.82. The lowest BCUT2D eigenvalue weighted by atomic mass is 10.2. The van der Waals surface area contributed by atoms with Gasteiger partial charge in [-0.3, -0.25) is 14.9 Å². The van der Waals surface area contributed by atoms with Crippen molar-refractivity contribution in [1.82, 2.24) is 20.4 Å². The average Bonchev–Trinajstić information content (AvgIpc) is 3.12. The summed E-state index contributed by atoms with van der Waals surface area (Å²) in [5.74, 6) is 1.28. The van der Waals surface area contributed by atoms with Gasteiger partial charge in [-0.1, -0.05) is 6.92 Å². The number of nitrogens with zero attached hydrogens (tertiary/aromatic N) is 4. The fourth-order valence-electron chi connectivity index (χ4n) is 3.48. The number of hydrogen-bond acceptors (Lipinski definition) is 6. The van der Waals surface area contributed by atoms with Crippen LogP contribution in [0.15, 0.2) is 9.98 Å². The Morgan fingerprint density at radius 1 is 1.33 bits per heavy atom. The molecular weight excluding hydrogens is 264 g/mol. The van der Waals surface area contributed by atoms with Crippen molar-refractivity contribution >= 4 is 12.1 Å². The van der Waals surface area contributed by atoms with Crippen LogP contribution < -0.4 is 10.6 Å². The predicted molar refractivity (Wildman–Crippen MR) is 91.5 cm³/mol. The molecule has 0 spiro atoms. The third kappa shape index (κ3) is 3.27. The van der Waals surface area contributed by atoms with Crippen molar-refractivity contribution in [3.63, 3.8) is 0 Å². The molecule has 0 aromatic carbocycles. The Balaban J connectivity index is 0.000000212. The van der Waals surface area contributed by atoms with Gasteiger partial charge in [-0.05, 0) is 13.3 Å². The quantitative estimate of drug-likeness (QED) is 0.729. The molecule has 21 heavy (non-hydrogen) atoms. The Morgan fingerprint density at radius 2 is 2.19 bits per heavy atom. The molecule has 0 amide bonds. The fraction of sp³-hybridized carbons (Fsp3) is 0.867. The molecule has 6 nitrogen and oxygen atoms in total. The van der Waals surface area contributed by atoms with E-state index in [0.29, 0.717) is 18.2 Å². The van der Waals surface area contributed by atoms with Crippen molar-refractivity contribution in [2.75, 3.05) is 45.8 Å². The monoisotopic (exact) mass is 296 g/mol. The zero-order valence-electron chi connectivity index (χ0n) is 13.3. The summed E-state index contributed by atoms with van der Waals surface area (Å²) in [6.45, 7) is 12.0. The summed E-state index contributed by atoms with van der Waals surface area (Å²) >= 11 is 0. The van der Waals surface area contributed by atoms with E-state index in [1.807, 2.05) is 0 Å². The Morgan fingerprint density at radius 3 is 3.00 bits per heavy atom. The summed E-state index contributed by atoms with van der Waals surface area (Å²) in [6, 6.07) is 1.27. The van der Waals surface area contributed by atoms with E-state index in [4.69, 9.17) is 0 Å².